The van der Waals surface area contributed by atoms with E-state index in [1.54, 1.807) is 6.92 Å². The number of carbonyl (C=O) groups is 1. The van der Waals surface area contributed by atoms with Gasteiger partial charge in [0.05, 0.1) is 24.6 Å². The van der Waals surface area contributed by atoms with E-state index in [0.29, 0.717) is 18.1 Å². The van der Waals surface area contributed by atoms with Gasteiger partial charge in [-0.05, 0) is 20.8 Å². The zero-order valence-electron chi connectivity index (χ0n) is 8.45. The predicted molar refractivity (Wildman–Crippen MR) is 55.1 cm³/mol. The molecule has 0 radical (unpaired) electrons. The number of aliphatic hydroxyl groups is 1. The fourth-order valence-corrected chi connectivity index (χ4v) is 1.46. The van der Waals surface area contributed by atoms with Crippen molar-refractivity contribution >= 4 is 17.5 Å². The molecule has 78 valence electrons. The van der Waals surface area contributed by atoms with Gasteiger partial charge in [-0.3, -0.25) is 4.79 Å². The summed E-state index contributed by atoms with van der Waals surface area (Å²) < 4.78 is 5.21. The summed E-state index contributed by atoms with van der Waals surface area (Å²) in [6.07, 6.45) is -0.320. The molecule has 0 aromatic heterocycles. The molecule has 1 unspecified atom stereocenters. The molecule has 0 bridgehead atoms. The van der Waals surface area contributed by atoms with Crippen molar-refractivity contribution in [1.29, 1.82) is 0 Å². The topological polar surface area (TPSA) is 46.5 Å². The number of ether oxygens (including phenoxy) is 1. The molecule has 0 rings (SSSR count). The van der Waals surface area contributed by atoms with Gasteiger partial charge in [-0.2, -0.15) is 11.8 Å². The average molecular weight is 206 g/mol. The second kappa shape index (κ2) is 7.35. The van der Waals surface area contributed by atoms with Crippen LogP contribution in [0.4, 0.5) is 0 Å². The monoisotopic (exact) mass is 206 g/mol. The van der Waals surface area contributed by atoms with Crippen molar-refractivity contribution in [3.8, 4) is 0 Å². The standard InChI is InChI=1S/C9H18O3S/c1-7(2)12-4-9(11)6-13-5-8(3)10/h7,9,11H,4-6H2,1-3H3. The molecule has 0 aliphatic carbocycles. The highest BCUT2D eigenvalue weighted by atomic mass is 32.2. The van der Waals surface area contributed by atoms with Gasteiger partial charge in [0.2, 0.25) is 0 Å². The van der Waals surface area contributed by atoms with Crippen molar-refractivity contribution in [3.05, 3.63) is 0 Å². The molecule has 1 N–H and O–H groups in total. The minimum atomic E-state index is -0.466. The van der Waals surface area contributed by atoms with Crippen LogP contribution in [-0.2, 0) is 9.53 Å². The van der Waals surface area contributed by atoms with Gasteiger partial charge < -0.3 is 9.84 Å². The predicted octanol–water partition coefficient (Wildman–Crippen LogP) is 1.09. The Morgan fingerprint density at radius 3 is 2.62 bits per heavy atom. The first-order chi connectivity index (χ1) is 6.02. The van der Waals surface area contributed by atoms with E-state index in [0.717, 1.165) is 0 Å². The summed E-state index contributed by atoms with van der Waals surface area (Å²) in [7, 11) is 0. The van der Waals surface area contributed by atoms with E-state index in [1.165, 1.54) is 11.8 Å². The maximum absolute atomic E-state index is 10.6. The Bertz CT molecular complexity index is 148. The largest absolute Gasteiger partial charge is 0.390 e. The van der Waals surface area contributed by atoms with E-state index in [9.17, 15) is 9.90 Å². The first-order valence-corrected chi connectivity index (χ1v) is 5.54. The van der Waals surface area contributed by atoms with Gasteiger partial charge >= 0.3 is 0 Å². The van der Waals surface area contributed by atoms with Gasteiger partial charge in [0, 0.05) is 5.75 Å². The molecule has 0 aliphatic rings. The minimum absolute atomic E-state index is 0.141. The van der Waals surface area contributed by atoms with Gasteiger partial charge in [-0.25, -0.2) is 0 Å². The van der Waals surface area contributed by atoms with E-state index in [2.05, 4.69) is 0 Å². The first-order valence-electron chi connectivity index (χ1n) is 4.39. The normalized spacial score (nSPS) is 13.3. The maximum atomic E-state index is 10.6. The highest BCUT2D eigenvalue weighted by molar-refractivity contribution is 7.99. The third kappa shape index (κ3) is 9.86. The number of Topliss-reactive ketones (excluding diaryl/α,β-unsaturated/α-hetero) is 1. The Balaban J connectivity index is 3.29. The molecule has 0 saturated carbocycles. The molecule has 13 heavy (non-hydrogen) atoms. The molecule has 0 fully saturated rings. The van der Waals surface area contributed by atoms with Crippen LogP contribution in [0.1, 0.15) is 20.8 Å². The number of ketones is 1. The van der Waals surface area contributed by atoms with Crippen molar-refractivity contribution in [2.45, 2.75) is 33.0 Å². The van der Waals surface area contributed by atoms with Gasteiger partial charge in [0.25, 0.3) is 0 Å². The van der Waals surface area contributed by atoms with Gasteiger partial charge in [-0.1, -0.05) is 0 Å². The van der Waals surface area contributed by atoms with E-state index in [-0.39, 0.29) is 11.9 Å². The van der Waals surface area contributed by atoms with Crippen LogP contribution in [-0.4, -0.2) is 41.2 Å². The lowest BCUT2D eigenvalue weighted by molar-refractivity contribution is -0.114. The molecule has 0 saturated heterocycles. The Kier molecular flexibility index (Phi) is 7.32. The zero-order valence-corrected chi connectivity index (χ0v) is 9.26. The third-order valence-corrected chi connectivity index (χ3v) is 2.47. The highest BCUT2D eigenvalue weighted by Crippen LogP contribution is 2.04. The summed E-state index contributed by atoms with van der Waals surface area (Å²) in [4.78, 5) is 10.6. The fraction of sp³-hybridized carbons (Fsp3) is 0.889. The summed E-state index contributed by atoms with van der Waals surface area (Å²) in [6, 6.07) is 0. The number of aliphatic hydroxyl groups excluding tert-OH is 1. The van der Waals surface area contributed by atoms with E-state index < -0.39 is 6.10 Å². The summed E-state index contributed by atoms with van der Waals surface area (Å²) >= 11 is 1.44. The Hall–Kier alpha value is -0.0600. The molecule has 4 heteroatoms. The summed E-state index contributed by atoms with van der Waals surface area (Å²) in [5.74, 6) is 1.17. The maximum Gasteiger partial charge on any atom is 0.139 e. The van der Waals surface area contributed by atoms with Crippen molar-refractivity contribution < 1.29 is 14.6 Å². The van der Waals surface area contributed by atoms with Crippen molar-refractivity contribution in [3.63, 3.8) is 0 Å². The van der Waals surface area contributed by atoms with Gasteiger partial charge in [-0.15, -0.1) is 0 Å². The second-order valence-corrected chi connectivity index (χ2v) is 4.28. The Morgan fingerprint density at radius 2 is 2.15 bits per heavy atom. The first kappa shape index (κ1) is 12.9. The van der Waals surface area contributed by atoms with Crippen molar-refractivity contribution in [2.24, 2.45) is 0 Å². The molecule has 0 spiro atoms. The molecule has 0 aromatic carbocycles. The zero-order chi connectivity index (χ0) is 10.3. The molecule has 0 aliphatic heterocycles. The quantitative estimate of drug-likeness (QED) is 0.677. The molecular formula is C9H18O3S. The molecular weight excluding hydrogens is 188 g/mol. The van der Waals surface area contributed by atoms with Crippen molar-refractivity contribution in [1.82, 2.24) is 0 Å². The van der Waals surface area contributed by atoms with Crippen LogP contribution in [0.5, 0.6) is 0 Å². The van der Waals surface area contributed by atoms with E-state index in [1.807, 2.05) is 13.8 Å². The number of thioether (sulfide) groups is 1. The van der Waals surface area contributed by atoms with Crippen molar-refractivity contribution in [2.75, 3.05) is 18.1 Å². The summed E-state index contributed by atoms with van der Waals surface area (Å²) in [6.45, 7) is 5.75. The number of rotatable bonds is 7. The lowest BCUT2D eigenvalue weighted by atomic mass is 10.4. The molecule has 0 aromatic rings. The lowest BCUT2D eigenvalue weighted by Crippen LogP contribution is -2.21. The lowest BCUT2D eigenvalue weighted by Gasteiger charge is -2.12. The van der Waals surface area contributed by atoms with Crippen LogP contribution < -0.4 is 0 Å². The molecule has 0 amide bonds. The fourth-order valence-electron chi connectivity index (χ4n) is 0.690. The van der Waals surface area contributed by atoms with Crippen LogP contribution in [0.15, 0.2) is 0 Å². The van der Waals surface area contributed by atoms with Crippen LogP contribution in [0.25, 0.3) is 0 Å². The summed E-state index contributed by atoms with van der Waals surface area (Å²) in [5, 5.41) is 9.35. The minimum Gasteiger partial charge on any atom is -0.390 e. The number of carbonyl (C=O) groups excluding carboxylic acids is 1. The second-order valence-electron chi connectivity index (χ2n) is 3.25. The number of hydrogen-bond donors (Lipinski definition) is 1. The Labute approximate surface area is 83.9 Å². The number of hydrogen-bond acceptors (Lipinski definition) is 4. The molecule has 3 nitrogen and oxygen atoms in total. The molecule has 1 atom stereocenters. The van der Waals surface area contributed by atoms with Crippen LogP contribution >= 0.6 is 11.8 Å². The molecule has 0 heterocycles. The van der Waals surface area contributed by atoms with Crippen LogP contribution in [0.3, 0.4) is 0 Å². The smallest absolute Gasteiger partial charge is 0.139 e. The van der Waals surface area contributed by atoms with Crippen LogP contribution in [0, 0.1) is 0 Å². The van der Waals surface area contributed by atoms with Gasteiger partial charge in [0.1, 0.15) is 5.78 Å². The van der Waals surface area contributed by atoms with E-state index in [4.69, 9.17) is 4.74 Å². The SMILES string of the molecule is CC(=O)CSCC(O)COC(C)C. The van der Waals surface area contributed by atoms with E-state index >= 15 is 0 Å². The summed E-state index contributed by atoms with van der Waals surface area (Å²) in [5.41, 5.74) is 0. The highest BCUT2D eigenvalue weighted by Gasteiger charge is 2.06. The Morgan fingerprint density at radius 1 is 1.54 bits per heavy atom. The van der Waals surface area contributed by atoms with Crippen LogP contribution in [0.2, 0.25) is 0 Å². The average Bonchev–Trinajstić information content (AvgIpc) is 2.00. The van der Waals surface area contributed by atoms with Gasteiger partial charge in [0.15, 0.2) is 0 Å². The third-order valence-electron chi connectivity index (χ3n) is 1.24.